The van der Waals surface area contributed by atoms with E-state index in [1.54, 1.807) is 11.3 Å². The van der Waals surface area contributed by atoms with Gasteiger partial charge in [-0.25, -0.2) is 0 Å². The quantitative estimate of drug-likeness (QED) is 0.398. The number of nitrogens with two attached hydrogens (primary N) is 1. The smallest absolute Gasteiger partial charge is 0.307 e. The second-order valence-corrected chi connectivity index (χ2v) is 7.73. The molecule has 5 heteroatoms. The Morgan fingerprint density at radius 1 is 1.11 bits per heavy atom. The lowest BCUT2D eigenvalue weighted by Gasteiger charge is -2.05. The minimum atomic E-state index is -0.807. The van der Waals surface area contributed by atoms with Crippen molar-refractivity contribution in [3.05, 3.63) is 59.0 Å². The summed E-state index contributed by atoms with van der Waals surface area (Å²) in [5.41, 5.74) is 11.2. The molecular weight excluding hydrogens is 356 g/mol. The SMILES string of the molecule is NCCCCc1c(-c2csc3ccccc23)[nH]c2ccc(CC(=O)O)cc12. The number of carboxylic acids is 1. The third-order valence-corrected chi connectivity index (χ3v) is 5.92. The molecule has 2 heterocycles. The van der Waals surface area contributed by atoms with Crippen molar-refractivity contribution in [1.82, 2.24) is 4.98 Å². The van der Waals surface area contributed by atoms with Gasteiger partial charge in [0.2, 0.25) is 0 Å². The number of aryl methyl sites for hydroxylation is 1. The van der Waals surface area contributed by atoms with Crippen molar-refractivity contribution < 1.29 is 9.90 Å². The van der Waals surface area contributed by atoms with Crippen molar-refractivity contribution in [1.29, 1.82) is 0 Å². The minimum Gasteiger partial charge on any atom is -0.481 e. The highest BCUT2D eigenvalue weighted by Crippen LogP contribution is 2.38. The summed E-state index contributed by atoms with van der Waals surface area (Å²) in [5.74, 6) is -0.807. The Kier molecular flexibility index (Phi) is 4.97. The Hall–Kier alpha value is -2.63. The zero-order valence-electron chi connectivity index (χ0n) is 15.0. The Balaban J connectivity index is 1.87. The fourth-order valence-corrected chi connectivity index (χ4v) is 4.64. The number of hydrogen-bond acceptors (Lipinski definition) is 3. The standard InChI is InChI=1S/C22H22N2O2S/c23-10-4-3-6-16-17-11-14(12-21(25)26)8-9-19(17)24-22(16)18-13-27-20-7-2-1-5-15(18)20/h1-2,5,7-9,11,13,24H,3-4,6,10,12,23H2,(H,25,26). The van der Waals surface area contributed by atoms with Gasteiger partial charge in [-0.3, -0.25) is 4.79 Å². The number of carbonyl (C=O) groups is 1. The topological polar surface area (TPSA) is 79.1 Å². The molecule has 2 aromatic carbocycles. The third-order valence-electron chi connectivity index (χ3n) is 4.96. The van der Waals surface area contributed by atoms with E-state index in [0.29, 0.717) is 6.54 Å². The number of hydrogen-bond donors (Lipinski definition) is 3. The van der Waals surface area contributed by atoms with Crippen molar-refractivity contribution in [2.45, 2.75) is 25.7 Å². The van der Waals surface area contributed by atoms with Crippen LogP contribution in [0.3, 0.4) is 0 Å². The van der Waals surface area contributed by atoms with E-state index in [2.05, 4.69) is 34.6 Å². The number of nitrogens with one attached hydrogen (secondary N) is 1. The average molecular weight is 378 g/mol. The molecule has 0 amide bonds. The second kappa shape index (κ2) is 7.55. The predicted octanol–water partition coefficient (Wildman–Crippen LogP) is 4.96. The van der Waals surface area contributed by atoms with E-state index in [1.807, 2.05) is 18.2 Å². The lowest BCUT2D eigenvalue weighted by Crippen LogP contribution is -2.00. The molecule has 2 aromatic heterocycles. The summed E-state index contributed by atoms with van der Waals surface area (Å²) in [5, 5.41) is 13.7. The molecule has 0 aliphatic carbocycles. The molecule has 0 atom stereocenters. The Morgan fingerprint density at radius 3 is 2.78 bits per heavy atom. The average Bonchev–Trinajstić information content (AvgIpc) is 3.23. The summed E-state index contributed by atoms with van der Waals surface area (Å²) >= 11 is 1.75. The van der Waals surface area contributed by atoms with Gasteiger partial charge in [0, 0.05) is 31.9 Å². The number of aromatic amines is 1. The molecule has 0 saturated heterocycles. The van der Waals surface area contributed by atoms with Gasteiger partial charge >= 0.3 is 5.97 Å². The maximum atomic E-state index is 11.1. The lowest BCUT2D eigenvalue weighted by molar-refractivity contribution is -0.136. The first-order valence-corrected chi connectivity index (χ1v) is 10.1. The number of benzene rings is 2. The fraction of sp³-hybridized carbons (Fsp3) is 0.227. The van der Waals surface area contributed by atoms with Gasteiger partial charge in [0.25, 0.3) is 0 Å². The van der Waals surface area contributed by atoms with Crippen LogP contribution in [0.25, 0.3) is 32.2 Å². The molecule has 138 valence electrons. The Morgan fingerprint density at radius 2 is 1.96 bits per heavy atom. The van der Waals surface area contributed by atoms with Gasteiger partial charge in [-0.05, 0) is 55.1 Å². The maximum Gasteiger partial charge on any atom is 0.307 e. The van der Waals surface area contributed by atoms with Gasteiger partial charge in [-0.15, -0.1) is 11.3 Å². The van der Waals surface area contributed by atoms with Crippen LogP contribution in [-0.2, 0) is 17.6 Å². The van der Waals surface area contributed by atoms with E-state index in [-0.39, 0.29) is 6.42 Å². The number of carboxylic acid groups (broad SMARTS) is 1. The molecule has 0 unspecified atom stereocenters. The monoisotopic (exact) mass is 378 g/mol. The highest BCUT2D eigenvalue weighted by atomic mass is 32.1. The number of H-pyrrole nitrogens is 1. The van der Waals surface area contributed by atoms with E-state index in [0.717, 1.165) is 41.4 Å². The summed E-state index contributed by atoms with van der Waals surface area (Å²) in [6.45, 7) is 0.684. The highest BCUT2D eigenvalue weighted by Gasteiger charge is 2.17. The van der Waals surface area contributed by atoms with Crippen molar-refractivity contribution >= 4 is 38.3 Å². The number of aromatic nitrogens is 1. The van der Waals surface area contributed by atoms with E-state index < -0.39 is 5.97 Å². The molecule has 0 radical (unpaired) electrons. The number of rotatable bonds is 7. The van der Waals surface area contributed by atoms with Crippen LogP contribution < -0.4 is 5.73 Å². The zero-order chi connectivity index (χ0) is 18.8. The van der Waals surface area contributed by atoms with E-state index in [1.165, 1.54) is 21.2 Å². The maximum absolute atomic E-state index is 11.1. The van der Waals surface area contributed by atoms with Crippen LogP contribution in [0.1, 0.15) is 24.0 Å². The lowest BCUT2D eigenvalue weighted by atomic mass is 9.98. The van der Waals surface area contributed by atoms with Crippen LogP contribution in [-0.4, -0.2) is 22.6 Å². The van der Waals surface area contributed by atoms with E-state index >= 15 is 0 Å². The van der Waals surface area contributed by atoms with Crippen LogP contribution in [0.5, 0.6) is 0 Å². The third kappa shape index (κ3) is 3.48. The number of fused-ring (bicyclic) bond motifs is 2. The summed E-state index contributed by atoms with van der Waals surface area (Å²) < 4.78 is 1.27. The molecule has 4 aromatic rings. The predicted molar refractivity (Wildman–Crippen MR) is 112 cm³/mol. The molecule has 4 N–H and O–H groups in total. The normalized spacial score (nSPS) is 11.4. The first-order valence-electron chi connectivity index (χ1n) is 9.19. The largest absolute Gasteiger partial charge is 0.481 e. The van der Waals surface area contributed by atoms with Gasteiger partial charge < -0.3 is 15.8 Å². The summed E-state index contributed by atoms with van der Waals surface area (Å²) in [6.07, 6.45) is 2.96. The molecule has 0 aliphatic heterocycles. The van der Waals surface area contributed by atoms with Crippen molar-refractivity contribution in [3.8, 4) is 11.3 Å². The number of aliphatic carboxylic acids is 1. The molecule has 0 saturated carbocycles. The Bertz CT molecular complexity index is 1110. The van der Waals surface area contributed by atoms with Crippen molar-refractivity contribution in [2.24, 2.45) is 5.73 Å². The summed E-state index contributed by atoms with van der Waals surface area (Å²) in [4.78, 5) is 14.7. The summed E-state index contributed by atoms with van der Waals surface area (Å²) in [7, 11) is 0. The zero-order valence-corrected chi connectivity index (χ0v) is 15.8. The summed E-state index contributed by atoms with van der Waals surface area (Å²) in [6, 6.07) is 14.4. The highest BCUT2D eigenvalue weighted by molar-refractivity contribution is 7.17. The van der Waals surface area contributed by atoms with Gasteiger partial charge in [0.1, 0.15) is 0 Å². The minimum absolute atomic E-state index is 0.0417. The molecule has 4 rings (SSSR count). The second-order valence-electron chi connectivity index (χ2n) is 6.82. The fourth-order valence-electron chi connectivity index (χ4n) is 3.69. The number of thiophene rings is 1. The van der Waals surface area contributed by atoms with Crippen LogP contribution in [0.2, 0.25) is 0 Å². The number of unbranched alkanes of at least 4 members (excludes halogenated alkanes) is 1. The molecule has 27 heavy (non-hydrogen) atoms. The van der Waals surface area contributed by atoms with Crippen LogP contribution in [0.15, 0.2) is 47.8 Å². The van der Waals surface area contributed by atoms with Gasteiger partial charge in [0.05, 0.1) is 12.1 Å². The van der Waals surface area contributed by atoms with Crippen LogP contribution >= 0.6 is 11.3 Å². The van der Waals surface area contributed by atoms with Crippen molar-refractivity contribution in [2.75, 3.05) is 6.54 Å². The van der Waals surface area contributed by atoms with Crippen molar-refractivity contribution in [3.63, 3.8) is 0 Å². The molecular formula is C22H22N2O2S. The van der Waals surface area contributed by atoms with E-state index in [4.69, 9.17) is 10.8 Å². The molecule has 0 bridgehead atoms. The first kappa shape index (κ1) is 17.8. The first-order chi connectivity index (χ1) is 13.2. The van der Waals surface area contributed by atoms with Gasteiger partial charge in [0.15, 0.2) is 0 Å². The molecule has 0 aliphatic rings. The van der Waals surface area contributed by atoms with E-state index in [9.17, 15) is 4.79 Å². The molecule has 0 fully saturated rings. The van der Waals surface area contributed by atoms with Crippen LogP contribution in [0, 0.1) is 0 Å². The molecule has 0 spiro atoms. The Labute approximate surface area is 161 Å². The molecule has 4 nitrogen and oxygen atoms in total. The van der Waals surface area contributed by atoms with Crippen LogP contribution in [0.4, 0.5) is 0 Å². The van der Waals surface area contributed by atoms with Gasteiger partial charge in [-0.1, -0.05) is 24.3 Å². The van der Waals surface area contributed by atoms with Gasteiger partial charge in [-0.2, -0.15) is 0 Å².